The number of ether oxygens (including phenoxy) is 1. The van der Waals surface area contributed by atoms with Gasteiger partial charge in [-0.2, -0.15) is 0 Å². The third-order valence-electron chi connectivity index (χ3n) is 3.58. The van der Waals surface area contributed by atoms with Gasteiger partial charge in [-0.1, -0.05) is 18.2 Å². The highest BCUT2D eigenvalue weighted by molar-refractivity contribution is 6.06. The Balaban J connectivity index is 2.38. The lowest BCUT2D eigenvalue weighted by Crippen LogP contribution is -2.08. The summed E-state index contributed by atoms with van der Waals surface area (Å²) in [6.07, 6.45) is 0. The Morgan fingerprint density at radius 3 is 2.71 bits per heavy atom. The van der Waals surface area contributed by atoms with Crippen LogP contribution >= 0.6 is 0 Å². The van der Waals surface area contributed by atoms with Gasteiger partial charge in [0.25, 0.3) is 0 Å². The topological polar surface area (TPSA) is 66.0 Å². The summed E-state index contributed by atoms with van der Waals surface area (Å²) in [7, 11) is 0. The van der Waals surface area contributed by atoms with Crippen LogP contribution in [0.5, 0.6) is 0 Å². The van der Waals surface area contributed by atoms with Gasteiger partial charge in [-0.15, -0.1) is 0 Å². The Kier molecular flexibility index (Phi) is 3.51. The van der Waals surface area contributed by atoms with Crippen molar-refractivity contribution in [2.24, 2.45) is 0 Å². The molecule has 0 aliphatic heterocycles. The Bertz CT molecular complexity index is 792. The number of para-hydroxylation sites is 1. The molecule has 0 fully saturated rings. The van der Waals surface area contributed by atoms with Crippen molar-refractivity contribution in [2.75, 3.05) is 12.3 Å². The molecule has 0 aliphatic carbocycles. The van der Waals surface area contributed by atoms with Crippen LogP contribution in [0.3, 0.4) is 0 Å². The van der Waals surface area contributed by atoms with Crippen molar-refractivity contribution in [2.45, 2.75) is 33.4 Å². The minimum absolute atomic E-state index is 0.274. The number of anilines is 1. The molecule has 5 nitrogen and oxygen atoms in total. The number of imidazole rings is 1. The van der Waals surface area contributed by atoms with Gasteiger partial charge in [0.05, 0.1) is 11.0 Å². The average Bonchev–Trinajstić information content (AvgIpc) is 2.85. The van der Waals surface area contributed by atoms with Gasteiger partial charge in [-0.25, -0.2) is 9.97 Å². The van der Waals surface area contributed by atoms with Gasteiger partial charge in [0.2, 0.25) is 0 Å². The number of nitrogens with zero attached hydrogens (tertiary/aromatic N) is 3. The van der Waals surface area contributed by atoms with Gasteiger partial charge < -0.3 is 15.0 Å². The van der Waals surface area contributed by atoms with Crippen molar-refractivity contribution in [1.29, 1.82) is 0 Å². The fourth-order valence-corrected chi connectivity index (χ4v) is 2.72. The first-order valence-corrected chi connectivity index (χ1v) is 7.26. The van der Waals surface area contributed by atoms with Gasteiger partial charge in [0.15, 0.2) is 5.82 Å². The molecule has 3 rings (SSSR count). The van der Waals surface area contributed by atoms with E-state index in [-0.39, 0.29) is 6.04 Å². The number of nitrogens with two attached hydrogens (primary N) is 1. The second-order valence-electron chi connectivity index (χ2n) is 5.34. The molecule has 2 N–H and O–H groups in total. The van der Waals surface area contributed by atoms with Crippen LogP contribution in [0.25, 0.3) is 21.9 Å². The highest BCUT2D eigenvalue weighted by atomic mass is 16.5. The molecule has 0 amide bonds. The second kappa shape index (κ2) is 5.33. The Hall–Kier alpha value is -2.14. The first-order chi connectivity index (χ1) is 10.1. The maximum absolute atomic E-state index is 6.11. The maximum Gasteiger partial charge on any atom is 0.152 e. The first-order valence-electron chi connectivity index (χ1n) is 7.26. The van der Waals surface area contributed by atoms with E-state index >= 15 is 0 Å². The number of nitrogen functional groups attached to an aromatic ring is 1. The zero-order valence-electron chi connectivity index (χ0n) is 12.6. The summed E-state index contributed by atoms with van der Waals surface area (Å²) in [5.74, 6) is 1.37. The molecule has 0 unspecified atom stereocenters. The summed E-state index contributed by atoms with van der Waals surface area (Å²) in [5, 5.41) is 1.07. The van der Waals surface area contributed by atoms with E-state index in [1.54, 1.807) is 0 Å². The van der Waals surface area contributed by atoms with Crippen molar-refractivity contribution in [3.05, 3.63) is 30.1 Å². The lowest BCUT2D eigenvalue weighted by molar-refractivity contribution is 0.125. The largest absolute Gasteiger partial charge is 0.382 e. The van der Waals surface area contributed by atoms with E-state index in [4.69, 9.17) is 10.5 Å². The minimum Gasteiger partial charge on any atom is -0.382 e. The van der Waals surface area contributed by atoms with E-state index in [2.05, 4.69) is 34.4 Å². The van der Waals surface area contributed by atoms with E-state index < -0.39 is 0 Å². The smallest absolute Gasteiger partial charge is 0.152 e. The quantitative estimate of drug-likeness (QED) is 0.798. The van der Waals surface area contributed by atoms with Crippen LogP contribution in [0, 0.1) is 0 Å². The summed E-state index contributed by atoms with van der Waals surface area (Å²) >= 11 is 0. The van der Waals surface area contributed by atoms with E-state index in [0.29, 0.717) is 19.0 Å². The van der Waals surface area contributed by atoms with Crippen LogP contribution in [0.2, 0.25) is 0 Å². The molecule has 1 aromatic carbocycles. The van der Waals surface area contributed by atoms with Crippen LogP contribution in [0.1, 0.15) is 32.6 Å². The Morgan fingerprint density at radius 1 is 1.24 bits per heavy atom. The number of rotatable bonds is 4. The number of pyridine rings is 1. The molecular formula is C16H20N4O. The number of hydrogen-bond donors (Lipinski definition) is 1. The maximum atomic E-state index is 6.11. The molecule has 2 heterocycles. The van der Waals surface area contributed by atoms with Crippen LogP contribution in [-0.4, -0.2) is 21.1 Å². The highest BCUT2D eigenvalue weighted by Crippen LogP contribution is 2.31. The van der Waals surface area contributed by atoms with E-state index in [1.807, 2.05) is 25.1 Å². The van der Waals surface area contributed by atoms with Crippen molar-refractivity contribution in [1.82, 2.24) is 14.5 Å². The third-order valence-corrected chi connectivity index (χ3v) is 3.58. The standard InChI is InChI=1S/C16H20N4O/c1-4-21-9-13-19-14-15(20(13)10(2)3)11-7-5-6-8-12(11)18-16(14)17/h5-8,10H,4,9H2,1-3H3,(H2,17,18). The van der Waals surface area contributed by atoms with Gasteiger partial charge in [0.1, 0.15) is 17.9 Å². The zero-order valence-corrected chi connectivity index (χ0v) is 12.6. The first kappa shape index (κ1) is 13.8. The molecule has 110 valence electrons. The van der Waals surface area contributed by atoms with Gasteiger partial charge in [-0.3, -0.25) is 0 Å². The molecule has 0 spiro atoms. The molecule has 0 saturated heterocycles. The molecule has 0 atom stereocenters. The summed E-state index contributed by atoms with van der Waals surface area (Å²) in [5.41, 5.74) is 8.81. The predicted molar refractivity (Wildman–Crippen MR) is 85.2 cm³/mol. The van der Waals surface area contributed by atoms with Gasteiger partial charge >= 0.3 is 0 Å². The van der Waals surface area contributed by atoms with Crippen LogP contribution < -0.4 is 5.73 Å². The Labute approximate surface area is 123 Å². The van der Waals surface area contributed by atoms with Crippen molar-refractivity contribution >= 4 is 27.8 Å². The molecule has 0 radical (unpaired) electrons. The lowest BCUT2D eigenvalue weighted by Gasteiger charge is -2.14. The predicted octanol–water partition coefficient (Wildman–Crippen LogP) is 3.28. The van der Waals surface area contributed by atoms with Gasteiger partial charge in [-0.05, 0) is 26.8 Å². The minimum atomic E-state index is 0.274. The fourth-order valence-electron chi connectivity index (χ4n) is 2.72. The molecule has 5 heteroatoms. The fraction of sp³-hybridized carbons (Fsp3) is 0.375. The summed E-state index contributed by atoms with van der Waals surface area (Å²) in [4.78, 5) is 9.13. The highest BCUT2D eigenvalue weighted by Gasteiger charge is 2.18. The second-order valence-corrected chi connectivity index (χ2v) is 5.34. The number of benzene rings is 1. The van der Waals surface area contributed by atoms with Crippen LogP contribution in [-0.2, 0) is 11.3 Å². The summed E-state index contributed by atoms with van der Waals surface area (Å²) < 4.78 is 7.75. The molecule has 21 heavy (non-hydrogen) atoms. The number of aromatic nitrogens is 3. The van der Waals surface area contributed by atoms with E-state index in [9.17, 15) is 0 Å². The average molecular weight is 284 g/mol. The normalized spacial score (nSPS) is 11.8. The molecule has 2 aromatic heterocycles. The SMILES string of the molecule is CCOCc1nc2c(N)nc3ccccc3c2n1C(C)C. The number of fused-ring (bicyclic) bond motifs is 3. The van der Waals surface area contributed by atoms with Crippen molar-refractivity contribution in [3.63, 3.8) is 0 Å². The van der Waals surface area contributed by atoms with E-state index in [0.717, 1.165) is 27.8 Å². The van der Waals surface area contributed by atoms with E-state index in [1.165, 1.54) is 0 Å². The molecule has 0 aliphatic rings. The van der Waals surface area contributed by atoms with Gasteiger partial charge in [0, 0.05) is 18.0 Å². The lowest BCUT2D eigenvalue weighted by atomic mass is 10.2. The molecule has 3 aromatic rings. The summed E-state index contributed by atoms with van der Waals surface area (Å²) in [6, 6.07) is 8.30. The molecular weight excluding hydrogens is 264 g/mol. The van der Waals surface area contributed by atoms with Crippen molar-refractivity contribution in [3.8, 4) is 0 Å². The van der Waals surface area contributed by atoms with Crippen LogP contribution in [0.15, 0.2) is 24.3 Å². The summed E-state index contributed by atoms with van der Waals surface area (Å²) in [6.45, 7) is 7.41. The zero-order chi connectivity index (χ0) is 15.0. The molecule has 0 bridgehead atoms. The molecule has 0 saturated carbocycles. The van der Waals surface area contributed by atoms with Crippen LogP contribution in [0.4, 0.5) is 5.82 Å². The monoisotopic (exact) mass is 284 g/mol. The third kappa shape index (κ3) is 2.23. The number of hydrogen-bond acceptors (Lipinski definition) is 4. The Morgan fingerprint density at radius 2 is 2.00 bits per heavy atom. The van der Waals surface area contributed by atoms with Crippen molar-refractivity contribution < 1.29 is 4.74 Å².